The molecule has 2 atom stereocenters. The van der Waals surface area contributed by atoms with Crippen molar-refractivity contribution in [3.63, 3.8) is 0 Å². The number of pyridine rings is 1. The van der Waals surface area contributed by atoms with E-state index in [1.54, 1.807) is 0 Å². The van der Waals surface area contributed by atoms with Crippen molar-refractivity contribution in [2.45, 2.75) is 81.1 Å². The maximum atomic E-state index is 6.39. The molecule has 1 saturated heterocycles. The molecule has 5 rings (SSSR count). The van der Waals surface area contributed by atoms with Crippen molar-refractivity contribution in [1.82, 2.24) is 4.98 Å². The average molecular weight is 418 g/mol. The summed E-state index contributed by atoms with van der Waals surface area (Å²) < 4.78 is 12.2. The molecule has 3 aliphatic rings. The molecule has 2 aliphatic heterocycles. The fourth-order valence-electron chi connectivity index (χ4n) is 6.19. The summed E-state index contributed by atoms with van der Waals surface area (Å²) in [5.74, 6) is 1.65. The van der Waals surface area contributed by atoms with E-state index in [-0.39, 0.29) is 11.0 Å². The largest absolute Gasteiger partial charge is 0.493 e. The Labute approximate surface area is 186 Å². The summed E-state index contributed by atoms with van der Waals surface area (Å²) >= 11 is 0. The highest BCUT2D eigenvalue weighted by Gasteiger charge is 2.48. The molecule has 0 bridgehead atoms. The van der Waals surface area contributed by atoms with E-state index < -0.39 is 0 Å². The SMILES string of the molecule is C(=C\CC1CCOc2ccccc21)/CC[C@@]1(c2ccccn2)CCOC2(CCCC2)C1. The molecule has 3 heteroatoms. The zero-order valence-corrected chi connectivity index (χ0v) is 18.6. The van der Waals surface area contributed by atoms with Gasteiger partial charge in [0.1, 0.15) is 5.75 Å². The molecular formula is C28H35NO2. The minimum atomic E-state index is 0.102. The zero-order valence-electron chi connectivity index (χ0n) is 18.6. The number of hydrogen-bond donors (Lipinski definition) is 0. The van der Waals surface area contributed by atoms with Crippen LogP contribution >= 0.6 is 0 Å². The first kappa shape index (κ1) is 20.8. The predicted octanol–water partition coefficient (Wildman–Crippen LogP) is 6.74. The lowest BCUT2D eigenvalue weighted by atomic mass is 9.67. The third kappa shape index (κ3) is 4.43. The van der Waals surface area contributed by atoms with Crippen LogP contribution in [0.25, 0.3) is 0 Å². The van der Waals surface area contributed by atoms with Gasteiger partial charge in [0.2, 0.25) is 0 Å². The second-order valence-electron chi connectivity index (χ2n) is 9.78. The predicted molar refractivity (Wildman–Crippen MR) is 125 cm³/mol. The monoisotopic (exact) mass is 417 g/mol. The van der Waals surface area contributed by atoms with Gasteiger partial charge in [-0.15, -0.1) is 0 Å². The van der Waals surface area contributed by atoms with Gasteiger partial charge in [-0.2, -0.15) is 0 Å². The van der Waals surface area contributed by atoms with Crippen LogP contribution in [-0.2, 0) is 10.2 Å². The minimum absolute atomic E-state index is 0.102. The molecular weight excluding hydrogens is 382 g/mol. The highest BCUT2D eigenvalue weighted by molar-refractivity contribution is 5.38. The van der Waals surface area contributed by atoms with Crippen LogP contribution in [0.2, 0.25) is 0 Å². The van der Waals surface area contributed by atoms with Gasteiger partial charge < -0.3 is 9.47 Å². The number of para-hydroxylation sites is 1. The molecule has 1 aromatic heterocycles. The Morgan fingerprint density at radius 1 is 0.968 bits per heavy atom. The first-order chi connectivity index (χ1) is 15.3. The van der Waals surface area contributed by atoms with Gasteiger partial charge in [0, 0.05) is 23.9 Å². The van der Waals surface area contributed by atoms with E-state index in [1.165, 1.54) is 36.9 Å². The lowest BCUT2D eigenvalue weighted by Gasteiger charge is -2.46. The van der Waals surface area contributed by atoms with Gasteiger partial charge in [-0.25, -0.2) is 0 Å². The molecule has 164 valence electrons. The molecule has 1 unspecified atom stereocenters. The van der Waals surface area contributed by atoms with E-state index >= 15 is 0 Å². The number of ether oxygens (including phenoxy) is 2. The molecule has 0 radical (unpaired) electrons. The second kappa shape index (κ2) is 9.16. The van der Waals surface area contributed by atoms with Crippen molar-refractivity contribution in [3.05, 3.63) is 72.1 Å². The van der Waals surface area contributed by atoms with Crippen LogP contribution in [0.15, 0.2) is 60.8 Å². The summed E-state index contributed by atoms with van der Waals surface area (Å²) in [5.41, 5.74) is 2.90. The minimum Gasteiger partial charge on any atom is -0.493 e. The smallest absolute Gasteiger partial charge is 0.122 e. The van der Waals surface area contributed by atoms with Crippen molar-refractivity contribution in [3.8, 4) is 5.75 Å². The van der Waals surface area contributed by atoms with Crippen LogP contribution in [0.3, 0.4) is 0 Å². The number of fused-ring (bicyclic) bond motifs is 1. The van der Waals surface area contributed by atoms with Gasteiger partial charge in [-0.1, -0.05) is 49.3 Å². The van der Waals surface area contributed by atoms with Gasteiger partial charge in [-0.3, -0.25) is 4.98 Å². The molecule has 1 saturated carbocycles. The van der Waals surface area contributed by atoms with Crippen LogP contribution in [0.4, 0.5) is 0 Å². The van der Waals surface area contributed by atoms with Gasteiger partial charge >= 0.3 is 0 Å². The summed E-state index contributed by atoms with van der Waals surface area (Å²) in [4.78, 5) is 4.83. The first-order valence-corrected chi connectivity index (χ1v) is 12.2. The molecule has 0 amide bonds. The molecule has 31 heavy (non-hydrogen) atoms. The van der Waals surface area contributed by atoms with Crippen molar-refractivity contribution < 1.29 is 9.47 Å². The molecule has 2 fully saturated rings. The number of benzene rings is 1. The number of aromatic nitrogens is 1. The Balaban J connectivity index is 1.26. The average Bonchev–Trinajstić information content (AvgIpc) is 3.26. The number of hydrogen-bond acceptors (Lipinski definition) is 3. The van der Waals surface area contributed by atoms with Crippen LogP contribution < -0.4 is 4.74 Å². The normalized spacial score (nSPS) is 27.3. The van der Waals surface area contributed by atoms with Crippen LogP contribution in [0.1, 0.15) is 81.4 Å². The maximum absolute atomic E-state index is 6.39. The Hall–Kier alpha value is -2.13. The van der Waals surface area contributed by atoms with Crippen LogP contribution in [-0.4, -0.2) is 23.8 Å². The van der Waals surface area contributed by atoms with Gasteiger partial charge in [0.15, 0.2) is 0 Å². The fourth-order valence-corrected chi connectivity index (χ4v) is 6.19. The van der Waals surface area contributed by atoms with E-state index in [0.717, 1.165) is 57.5 Å². The maximum Gasteiger partial charge on any atom is 0.122 e. The molecule has 3 nitrogen and oxygen atoms in total. The molecule has 1 aliphatic carbocycles. The van der Waals surface area contributed by atoms with E-state index in [1.807, 2.05) is 12.3 Å². The van der Waals surface area contributed by atoms with Crippen LogP contribution in [0, 0.1) is 0 Å². The highest BCUT2D eigenvalue weighted by Crippen LogP contribution is 2.50. The molecule has 1 spiro atoms. The van der Waals surface area contributed by atoms with Crippen molar-refractivity contribution >= 4 is 0 Å². The number of nitrogens with zero attached hydrogens (tertiary/aromatic N) is 1. The van der Waals surface area contributed by atoms with E-state index in [9.17, 15) is 0 Å². The lowest BCUT2D eigenvalue weighted by Crippen LogP contribution is -2.46. The Kier molecular flexibility index (Phi) is 6.13. The summed E-state index contributed by atoms with van der Waals surface area (Å²) in [6.07, 6.45) is 18.6. The third-order valence-corrected chi connectivity index (χ3v) is 7.83. The summed E-state index contributed by atoms with van der Waals surface area (Å²) in [6, 6.07) is 15.0. The van der Waals surface area contributed by atoms with Crippen molar-refractivity contribution in [2.24, 2.45) is 0 Å². The molecule has 3 heterocycles. The molecule has 2 aromatic rings. The summed E-state index contributed by atoms with van der Waals surface area (Å²) in [6.45, 7) is 1.71. The van der Waals surface area contributed by atoms with Crippen molar-refractivity contribution in [1.29, 1.82) is 0 Å². The quantitative estimate of drug-likeness (QED) is 0.488. The lowest BCUT2D eigenvalue weighted by molar-refractivity contribution is -0.104. The Morgan fingerprint density at radius 3 is 2.71 bits per heavy atom. The Bertz CT molecular complexity index is 887. The van der Waals surface area contributed by atoms with Crippen molar-refractivity contribution in [2.75, 3.05) is 13.2 Å². The summed E-state index contributed by atoms with van der Waals surface area (Å²) in [7, 11) is 0. The van der Waals surface area contributed by atoms with E-state index in [2.05, 4.69) is 48.6 Å². The fraction of sp³-hybridized carbons (Fsp3) is 0.536. The van der Waals surface area contributed by atoms with Crippen LogP contribution in [0.5, 0.6) is 5.75 Å². The van der Waals surface area contributed by atoms with Gasteiger partial charge in [0.05, 0.1) is 12.2 Å². The second-order valence-corrected chi connectivity index (χ2v) is 9.78. The summed E-state index contributed by atoms with van der Waals surface area (Å²) in [5, 5.41) is 0. The Morgan fingerprint density at radius 2 is 1.84 bits per heavy atom. The van der Waals surface area contributed by atoms with Gasteiger partial charge in [0.25, 0.3) is 0 Å². The first-order valence-electron chi connectivity index (χ1n) is 12.2. The highest BCUT2D eigenvalue weighted by atomic mass is 16.5. The topological polar surface area (TPSA) is 31.4 Å². The molecule has 0 N–H and O–H groups in total. The van der Waals surface area contributed by atoms with E-state index in [0.29, 0.717) is 5.92 Å². The zero-order chi connectivity index (χ0) is 21.0. The van der Waals surface area contributed by atoms with Gasteiger partial charge in [-0.05, 0) is 81.0 Å². The van der Waals surface area contributed by atoms with E-state index in [4.69, 9.17) is 14.5 Å². The molecule has 1 aromatic carbocycles. The third-order valence-electron chi connectivity index (χ3n) is 7.83. The number of rotatable bonds is 6. The standard InChI is InChI=1S/C28H35NO2/c1(2-10-23-14-20-30-25-12-4-3-11-24(23)25)6-15-27(26-13-5-9-19-29-26)18-21-31-28(22-27)16-7-8-17-28/h1-5,9,11-13,19,23H,6-8,10,14-18,20-22H2/b2-1+/t23?,27-/m1/s1. The number of allylic oxidation sites excluding steroid dienone is 2.